The zero-order valence-corrected chi connectivity index (χ0v) is 12.1. The molecular formula is C15H13N5O3. The number of nitrogens with one attached hydrogen (secondary N) is 1. The molecule has 1 aliphatic carbocycles. The van der Waals surface area contributed by atoms with Crippen LogP contribution < -0.4 is 5.56 Å². The van der Waals surface area contributed by atoms with Crippen LogP contribution in [0.25, 0.3) is 10.9 Å². The largest absolute Gasteiger partial charge is 0.454 e. The number of hydrogen-bond acceptors (Lipinski definition) is 6. The van der Waals surface area contributed by atoms with Gasteiger partial charge in [0.1, 0.15) is 0 Å². The van der Waals surface area contributed by atoms with E-state index in [4.69, 9.17) is 4.74 Å². The van der Waals surface area contributed by atoms with Crippen molar-refractivity contribution >= 4 is 16.9 Å². The summed E-state index contributed by atoms with van der Waals surface area (Å²) < 4.78 is 6.98. The molecule has 1 fully saturated rings. The first-order chi connectivity index (χ1) is 11.2. The van der Waals surface area contributed by atoms with Crippen LogP contribution in [-0.2, 0) is 11.3 Å². The molecule has 0 unspecified atom stereocenters. The Labute approximate surface area is 130 Å². The van der Waals surface area contributed by atoms with Crippen molar-refractivity contribution in [3.05, 3.63) is 52.1 Å². The van der Waals surface area contributed by atoms with Crippen LogP contribution in [0, 0.1) is 0 Å². The summed E-state index contributed by atoms with van der Waals surface area (Å²) in [6.07, 6.45) is 2.06. The Morgan fingerprint density at radius 2 is 2.17 bits per heavy atom. The summed E-state index contributed by atoms with van der Waals surface area (Å²) in [5.41, 5.74) is 0.475. The zero-order chi connectivity index (χ0) is 15.8. The molecular weight excluding hydrogens is 298 g/mol. The number of para-hydroxylation sites is 1. The minimum absolute atomic E-state index is 0.0243. The number of aromatic amines is 1. The molecule has 0 saturated heterocycles. The normalized spacial score (nSPS) is 14.1. The summed E-state index contributed by atoms with van der Waals surface area (Å²) >= 11 is 0. The van der Waals surface area contributed by atoms with Crippen LogP contribution in [0.4, 0.5) is 0 Å². The number of benzene rings is 1. The van der Waals surface area contributed by atoms with Crippen LogP contribution in [0.5, 0.6) is 0 Å². The van der Waals surface area contributed by atoms with Crippen molar-refractivity contribution in [3.63, 3.8) is 0 Å². The van der Waals surface area contributed by atoms with E-state index in [0.29, 0.717) is 22.8 Å². The van der Waals surface area contributed by atoms with Gasteiger partial charge in [0, 0.05) is 17.0 Å². The van der Waals surface area contributed by atoms with Gasteiger partial charge in [0.25, 0.3) is 0 Å². The van der Waals surface area contributed by atoms with Gasteiger partial charge >= 0.3 is 5.97 Å². The lowest BCUT2D eigenvalue weighted by molar-refractivity contribution is 0.0458. The fourth-order valence-electron chi connectivity index (χ4n) is 2.49. The predicted molar refractivity (Wildman–Crippen MR) is 79.8 cm³/mol. The molecule has 0 atom stereocenters. The highest BCUT2D eigenvalue weighted by Crippen LogP contribution is 2.34. The maximum Gasteiger partial charge on any atom is 0.339 e. The number of aromatic nitrogens is 5. The van der Waals surface area contributed by atoms with Crippen molar-refractivity contribution in [1.82, 2.24) is 25.2 Å². The van der Waals surface area contributed by atoms with E-state index in [0.717, 1.165) is 12.8 Å². The van der Waals surface area contributed by atoms with Crippen LogP contribution in [0.15, 0.2) is 35.1 Å². The highest BCUT2D eigenvalue weighted by molar-refractivity contribution is 6.03. The second-order valence-electron chi connectivity index (χ2n) is 5.44. The van der Waals surface area contributed by atoms with Crippen molar-refractivity contribution in [1.29, 1.82) is 0 Å². The number of tetrazole rings is 1. The first-order valence-electron chi connectivity index (χ1n) is 7.28. The summed E-state index contributed by atoms with van der Waals surface area (Å²) in [5, 5.41) is 12.0. The Hall–Kier alpha value is -3.03. The van der Waals surface area contributed by atoms with Gasteiger partial charge in [-0.2, -0.15) is 0 Å². The van der Waals surface area contributed by atoms with E-state index < -0.39 is 5.97 Å². The quantitative estimate of drug-likeness (QED) is 0.726. The molecule has 3 aromatic rings. The lowest BCUT2D eigenvalue weighted by Gasteiger charge is -2.07. The van der Waals surface area contributed by atoms with E-state index in [9.17, 15) is 9.59 Å². The fraction of sp³-hybridized carbons (Fsp3) is 0.267. The maximum absolute atomic E-state index is 12.4. The molecule has 1 aliphatic rings. The van der Waals surface area contributed by atoms with Gasteiger partial charge in [0.2, 0.25) is 5.56 Å². The number of carbonyl (C=O) groups excluding carboxylic acids is 1. The summed E-state index contributed by atoms with van der Waals surface area (Å²) in [6.45, 7) is -0.0243. The van der Waals surface area contributed by atoms with Crippen molar-refractivity contribution in [2.24, 2.45) is 0 Å². The van der Waals surface area contributed by atoms with Crippen LogP contribution >= 0.6 is 0 Å². The number of H-pyrrole nitrogens is 1. The van der Waals surface area contributed by atoms with Gasteiger partial charge in [-0.05, 0) is 29.3 Å². The van der Waals surface area contributed by atoms with E-state index in [-0.39, 0.29) is 17.7 Å². The van der Waals surface area contributed by atoms with Gasteiger partial charge < -0.3 is 9.72 Å². The number of nitrogens with zero attached hydrogens (tertiary/aromatic N) is 4. The Morgan fingerprint density at radius 3 is 3.00 bits per heavy atom. The van der Waals surface area contributed by atoms with Gasteiger partial charge in [-0.1, -0.05) is 18.2 Å². The van der Waals surface area contributed by atoms with Crippen LogP contribution in [-0.4, -0.2) is 31.2 Å². The molecule has 1 N–H and O–H groups in total. The molecule has 0 radical (unpaired) electrons. The molecule has 0 bridgehead atoms. The van der Waals surface area contributed by atoms with Crippen molar-refractivity contribution < 1.29 is 9.53 Å². The molecule has 0 amide bonds. The third-order valence-electron chi connectivity index (χ3n) is 3.76. The van der Waals surface area contributed by atoms with Crippen LogP contribution in [0.1, 0.15) is 35.1 Å². The lowest BCUT2D eigenvalue weighted by Crippen LogP contribution is -2.14. The topological polar surface area (TPSA) is 103 Å². The summed E-state index contributed by atoms with van der Waals surface area (Å²) in [4.78, 5) is 26.7. The Morgan fingerprint density at radius 1 is 1.35 bits per heavy atom. The number of esters is 1. The average molecular weight is 311 g/mol. The van der Waals surface area contributed by atoms with E-state index in [1.807, 2.05) is 0 Å². The van der Waals surface area contributed by atoms with Gasteiger partial charge in [0.05, 0.1) is 11.6 Å². The molecule has 116 valence electrons. The second kappa shape index (κ2) is 5.31. The van der Waals surface area contributed by atoms with Crippen LogP contribution in [0.3, 0.4) is 0 Å². The van der Waals surface area contributed by atoms with Gasteiger partial charge in [-0.3, -0.25) is 4.79 Å². The summed E-state index contributed by atoms with van der Waals surface area (Å²) in [6, 6.07) is 8.63. The Balaban J connectivity index is 1.59. The van der Waals surface area contributed by atoms with E-state index in [2.05, 4.69) is 20.5 Å². The number of hydrogen-bond donors (Lipinski definition) is 1. The lowest BCUT2D eigenvalue weighted by atomic mass is 10.1. The van der Waals surface area contributed by atoms with Crippen molar-refractivity contribution in [3.8, 4) is 0 Å². The highest BCUT2D eigenvalue weighted by atomic mass is 16.5. The van der Waals surface area contributed by atoms with Gasteiger partial charge in [0.15, 0.2) is 12.4 Å². The van der Waals surface area contributed by atoms with E-state index in [1.165, 1.54) is 6.07 Å². The Bertz CT molecular complexity index is 941. The monoisotopic (exact) mass is 311 g/mol. The fourth-order valence-corrected chi connectivity index (χ4v) is 2.49. The minimum Gasteiger partial charge on any atom is -0.454 e. The number of ether oxygens (including phenoxy) is 1. The standard InChI is InChI=1S/C15H13N5O3/c21-14-7-11(10-3-1-2-4-12(10)16-14)15(22)23-8-13-17-18-19-20(13)9-5-6-9/h1-4,7,9H,5-6,8H2,(H,16,21). The van der Waals surface area contributed by atoms with Crippen molar-refractivity contribution in [2.45, 2.75) is 25.5 Å². The molecule has 0 aliphatic heterocycles. The average Bonchev–Trinajstić information content (AvgIpc) is 3.30. The van der Waals surface area contributed by atoms with Crippen molar-refractivity contribution in [2.75, 3.05) is 0 Å². The molecule has 1 saturated carbocycles. The van der Waals surface area contributed by atoms with E-state index in [1.54, 1.807) is 28.9 Å². The van der Waals surface area contributed by atoms with E-state index >= 15 is 0 Å². The molecule has 8 nitrogen and oxygen atoms in total. The highest BCUT2D eigenvalue weighted by Gasteiger charge is 2.28. The predicted octanol–water partition coefficient (Wildman–Crippen LogP) is 1.21. The second-order valence-corrected chi connectivity index (χ2v) is 5.44. The minimum atomic E-state index is -0.572. The summed E-state index contributed by atoms with van der Waals surface area (Å²) in [5.74, 6) is -0.0624. The first kappa shape index (κ1) is 13.6. The van der Waals surface area contributed by atoms with Crippen LogP contribution in [0.2, 0.25) is 0 Å². The number of fused-ring (bicyclic) bond motifs is 1. The smallest absolute Gasteiger partial charge is 0.339 e. The summed E-state index contributed by atoms with van der Waals surface area (Å²) in [7, 11) is 0. The molecule has 23 heavy (non-hydrogen) atoms. The number of carbonyl (C=O) groups is 1. The molecule has 4 rings (SSSR count). The van der Waals surface area contributed by atoms with Gasteiger partial charge in [-0.15, -0.1) is 5.10 Å². The maximum atomic E-state index is 12.4. The SMILES string of the molecule is O=C(OCc1nnnn1C1CC1)c1cc(=O)[nH]c2ccccc12. The zero-order valence-electron chi connectivity index (χ0n) is 12.1. The van der Waals surface area contributed by atoms with Gasteiger partial charge in [-0.25, -0.2) is 9.48 Å². The first-order valence-corrected chi connectivity index (χ1v) is 7.28. The number of rotatable bonds is 4. The third-order valence-corrected chi connectivity index (χ3v) is 3.76. The molecule has 0 spiro atoms. The molecule has 2 aromatic heterocycles. The third kappa shape index (κ3) is 2.59. The Kier molecular flexibility index (Phi) is 3.14. The molecule has 1 aromatic carbocycles. The molecule has 2 heterocycles. The number of pyridine rings is 1. The molecule has 8 heteroatoms.